The Morgan fingerprint density at radius 1 is 1.39 bits per heavy atom. The lowest BCUT2D eigenvalue weighted by Crippen LogP contribution is -2.31. The van der Waals surface area contributed by atoms with Crippen LogP contribution in [0.3, 0.4) is 0 Å². The lowest BCUT2D eigenvalue weighted by atomic mass is 9.79. The number of nitrogens with zero attached hydrogens (tertiary/aromatic N) is 2. The first kappa shape index (κ1) is 14.6. The summed E-state index contributed by atoms with van der Waals surface area (Å²) < 4.78 is 19.1. The third-order valence-electron chi connectivity index (χ3n) is 4.71. The van der Waals surface area contributed by atoms with Crippen LogP contribution >= 0.6 is 0 Å². The molecule has 0 atom stereocenters. The zero-order valence-corrected chi connectivity index (χ0v) is 13.8. The van der Waals surface area contributed by atoms with E-state index in [1.54, 1.807) is 6.26 Å². The van der Waals surface area contributed by atoms with E-state index >= 15 is 0 Å². The summed E-state index contributed by atoms with van der Waals surface area (Å²) in [6.45, 7) is 5.52. The minimum Gasteiger partial charge on any atom is -0.525 e. The molecular weight excluding hydrogens is 291 g/mol. The van der Waals surface area contributed by atoms with E-state index in [9.17, 15) is 0 Å². The number of hydrogen-bond donors (Lipinski definition) is 0. The van der Waals surface area contributed by atoms with Gasteiger partial charge >= 0.3 is 7.12 Å². The van der Waals surface area contributed by atoms with Crippen molar-refractivity contribution in [2.24, 2.45) is 12.5 Å². The van der Waals surface area contributed by atoms with E-state index in [1.165, 1.54) is 12.8 Å². The first-order valence-corrected chi connectivity index (χ1v) is 8.06. The van der Waals surface area contributed by atoms with Gasteiger partial charge in [-0.15, -0.1) is 0 Å². The fourth-order valence-corrected chi connectivity index (χ4v) is 2.81. The molecule has 0 N–H and O–H groups in total. The number of rotatable bonds is 5. The summed E-state index contributed by atoms with van der Waals surface area (Å²) in [7, 11) is 1.67. The van der Waals surface area contributed by atoms with Gasteiger partial charge in [0.2, 0.25) is 0 Å². The van der Waals surface area contributed by atoms with Gasteiger partial charge in [-0.25, -0.2) is 4.98 Å². The summed E-state index contributed by atoms with van der Waals surface area (Å²) in [5.74, 6) is 1.74. The number of aromatic nitrogens is 2. The van der Waals surface area contributed by atoms with E-state index in [1.807, 2.05) is 26.1 Å². The number of allylic oxidation sites excluding steroid dienone is 1. The monoisotopic (exact) mass is 312 g/mol. The summed E-state index contributed by atoms with van der Waals surface area (Å²) in [4.78, 5) is 4.68. The highest BCUT2D eigenvalue weighted by Gasteiger charge is 2.37. The lowest BCUT2D eigenvalue weighted by molar-refractivity contribution is 0.0786. The molecule has 1 aromatic heterocycles. The fourth-order valence-electron chi connectivity index (χ4n) is 2.81. The maximum atomic E-state index is 5.86. The van der Waals surface area contributed by atoms with Crippen LogP contribution in [0, 0.1) is 5.41 Å². The molecule has 2 aromatic rings. The van der Waals surface area contributed by atoms with Crippen molar-refractivity contribution in [3.8, 4) is 0 Å². The number of hydrogen-bond acceptors (Lipinski definition) is 4. The number of aryl methyl sites for hydroxylation is 1. The third kappa shape index (κ3) is 2.83. The van der Waals surface area contributed by atoms with Crippen molar-refractivity contribution < 1.29 is 14.0 Å². The number of ether oxygens (including phenoxy) is 1. The molecule has 0 spiro atoms. The molecule has 2 aliphatic rings. The minimum atomic E-state index is -0.358. The van der Waals surface area contributed by atoms with Crippen LogP contribution < -0.4 is 5.46 Å². The van der Waals surface area contributed by atoms with Gasteiger partial charge < -0.3 is 18.6 Å². The van der Waals surface area contributed by atoms with Crippen molar-refractivity contribution in [1.29, 1.82) is 0 Å². The van der Waals surface area contributed by atoms with Crippen LogP contribution in [0.5, 0.6) is 0 Å². The first-order chi connectivity index (χ1) is 11.0. The Bertz CT molecular complexity index is 779. The standard InChI is InChI=1S/C17H21BN2O3/c1-12-9-22-18(23-12)13-4-5-14-15(8-13)20(3)16(19-14)10-21-11-17(2)6-7-17/h4-5,8-9H,6-7,10-11H2,1-3H3. The van der Waals surface area contributed by atoms with Crippen LogP contribution in [-0.4, -0.2) is 23.3 Å². The second-order valence-electron chi connectivity index (χ2n) is 6.95. The molecule has 120 valence electrons. The molecule has 1 fully saturated rings. The Hall–Kier alpha value is -1.95. The highest BCUT2D eigenvalue weighted by atomic mass is 16.6. The highest BCUT2D eigenvalue weighted by molar-refractivity contribution is 6.62. The molecule has 0 saturated heterocycles. The second-order valence-corrected chi connectivity index (χ2v) is 6.95. The average Bonchev–Trinajstić information content (AvgIpc) is 2.97. The minimum absolute atomic E-state index is 0.358. The van der Waals surface area contributed by atoms with E-state index < -0.39 is 0 Å². The molecule has 1 aliphatic heterocycles. The van der Waals surface area contributed by atoms with E-state index in [0.29, 0.717) is 12.0 Å². The number of imidazole rings is 1. The Labute approximate surface area is 136 Å². The largest absolute Gasteiger partial charge is 0.632 e. The van der Waals surface area contributed by atoms with Crippen LogP contribution in [0.25, 0.3) is 11.0 Å². The molecule has 4 rings (SSSR count). The van der Waals surface area contributed by atoms with Gasteiger partial charge in [0.05, 0.1) is 23.9 Å². The summed E-state index contributed by atoms with van der Waals surface area (Å²) in [6, 6.07) is 6.09. The SMILES string of the molecule is CC1=COB(c2ccc3nc(COCC4(C)CC4)n(C)c3c2)O1. The Morgan fingerprint density at radius 3 is 2.91 bits per heavy atom. The molecule has 1 aliphatic carbocycles. The molecule has 0 amide bonds. The Morgan fingerprint density at radius 2 is 2.22 bits per heavy atom. The van der Waals surface area contributed by atoms with Crippen LogP contribution in [0.15, 0.2) is 30.2 Å². The summed E-state index contributed by atoms with van der Waals surface area (Å²) in [5, 5.41) is 0. The van der Waals surface area contributed by atoms with Crippen molar-refractivity contribution in [2.75, 3.05) is 6.61 Å². The number of benzene rings is 1. The molecule has 1 saturated carbocycles. The summed E-state index contributed by atoms with van der Waals surface area (Å²) in [6.07, 6.45) is 4.19. The summed E-state index contributed by atoms with van der Waals surface area (Å²) in [5.41, 5.74) is 3.43. The molecule has 2 heterocycles. The lowest BCUT2D eigenvalue weighted by Gasteiger charge is -2.09. The number of fused-ring (bicyclic) bond motifs is 1. The van der Waals surface area contributed by atoms with Gasteiger partial charge in [-0.3, -0.25) is 0 Å². The van der Waals surface area contributed by atoms with Gasteiger partial charge in [-0.05, 0) is 37.3 Å². The van der Waals surface area contributed by atoms with E-state index in [-0.39, 0.29) is 7.12 Å². The van der Waals surface area contributed by atoms with E-state index in [0.717, 1.165) is 34.7 Å². The van der Waals surface area contributed by atoms with Crippen LogP contribution in [-0.2, 0) is 27.7 Å². The van der Waals surface area contributed by atoms with Gasteiger partial charge in [-0.2, -0.15) is 0 Å². The van der Waals surface area contributed by atoms with Crippen LogP contribution in [0.4, 0.5) is 0 Å². The van der Waals surface area contributed by atoms with Crippen molar-refractivity contribution in [1.82, 2.24) is 9.55 Å². The summed E-state index contributed by atoms with van der Waals surface area (Å²) >= 11 is 0. The second kappa shape index (κ2) is 5.30. The highest BCUT2D eigenvalue weighted by Crippen LogP contribution is 2.45. The molecule has 5 nitrogen and oxygen atoms in total. The zero-order valence-electron chi connectivity index (χ0n) is 13.8. The molecule has 6 heteroatoms. The quantitative estimate of drug-likeness (QED) is 0.796. The van der Waals surface area contributed by atoms with Gasteiger partial charge in [-0.1, -0.05) is 13.0 Å². The molecule has 1 aromatic carbocycles. The topological polar surface area (TPSA) is 45.5 Å². The average molecular weight is 312 g/mol. The molecule has 0 unspecified atom stereocenters. The Balaban J connectivity index is 1.52. The third-order valence-corrected chi connectivity index (χ3v) is 4.71. The van der Waals surface area contributed by atoms with Gasteiger partial charge in [0.25, 0.3) is 0 Å². The maximum Gasteiger partial charge on any atom is 0.632 e. The predicted molar refractivity (Wildman–Crippen MR) is 89.0 cm³/mol. The van der Waals surface area contributed by atoms with Crippen molar-refractivity contribution >= 4 is 23.6 Å². The molecule has 23 heavy (non-hydrogen) atoms. The molecule has 0 bridgehead atoms. The van der Waals surface area contributed by atoms with Crippen molar-refractivity contribution in [3.05, 3.63) is 36.0 Å². The van der Waals surface area contributed by atoms with Gasteiger partial charge in [0, 0.05) is 12.5 Å². The molecule has 0 radical (unpaired) electrons. The van der Waals surface area contributed by atoms with E-state index in [2.05, 4.69) is 22.5 Å². The zero-order chi connectivity index (χ0) is 16.0. The van der Waals surface area contributed by atoms with Crippen LogP contribution in [0.2, 0.25) is 0 Å². The van der Waals surface area contributed by atoms with Crippen molar-refractivity contribution in [2.45, 2.75) is 33.3 Å². The van der Waals surface area contributed by atoms with E-state index in [4.69, 9.17) is 14.0 Å². The Kier molecular flexibility index (Phi) is 3.37. The van der Waals surface area contributed by atoms with Gasteiger partial charge in [0.1, 0.15) is 18.2 Å². The smallest absolute Gasteiger partial charge is 0.525 e. The van der Waals surface area contributed by atoms with Crippen LogP contribution in [0.1, 0.15) is 32.5 Å². The van der Waals surface area contributed by atoms with Crippen molar-refractivity contribution in [3.63, 3.8) is 0 Å². The maximum absolute atomic E-state index is 5.86. The normalized spacial score (nSPS) is 18.7. The van der Waals surface area contributed by atoms with Gasteiger partial charge in [0.15, 0.2) is 0 Å². The first-order valence-electron chi connectivity index (χ1n) is 8.06. The molecular formula is C17H21BN2O3. The predicted octanol–water partition coefficient (Wildman–Crippen LogP) is 2.49. The fraction of sp³-hybridized carbons (Fsp3) is 0.471.